The van der Waals surface area contributed by atoms with Crippen LogP contribution in [0, 0.1) is 25.2 Å². The van der Waals surface area contributed by atoms with Gasteiger partial charge in [-0.1, -0.05) is 12.1 Å². The van der Waals surface area contributed by atoms with E-state index in [-0.39, 0.29) is 6.10 Å². The first kappa shape index (κ1) is 13.8. The lowest BCUT2D eigenvalue weighted by Crippen LogP contribution is -2.36. The van der Waals surface area contributed by atoms with Gasteiger partial charge in [-0.3, -0.25) is 0 Å². The number of aliphatic hydroxyl groups is 1. The summed E-state index contributed by atoms with van der Waals surface area (Å²) < 4.78 is 0. The minimum Gasteiger partial charge on any atom is -0.393 e. The van der Waals surface area contributed by atoms with Gasteiger partial charge in [0.05, 0.1) is 17.2 Å². The van der Waals surface area contributed by atoms with Gasteiger partial charge in [0.2, 0.25) is 0 Å². The summed E-state index contributed by atoms with van der Waals surface area (Å²) in [4.78, 5) is 6.89. The van der Waals surface area contributed by atoms with E-state index in [9.17, 15) is 10.4 Å². The number of anilines is 1. The number of hydrogen-bond acceptors (Lipinski definition) is 4. The van der Waals surface area contributed by atoms with Crippen LogP contribution < -0.4 is 4.90 Å². The van der Waals surface area contributed by atoms with Crippen LogP contribution in [0.25, 0.3) is 10.9 Å². The Morgan fingerprint density at radius 3 is 2.67 bits per heavy atom. The lowest BCUT2D eigenvalue weighted by atomic mass is 10.0. The zero-order chi connectivity index (χ0) is 15.0. The maximum atomic E-state index is 9.64. The van der Waals surface area contributed by atoms with Crippen LogP contribution in [0.5, 0.6) is 0 Å². The van der Waals surface area contributed by atoms with Crippen LogP contribution in [0.4, 0.5) is 5.82 Å². The topological polar surface area (TPSA) is 60.2 Å². The van der Waals surface area contributed by atoms with Crippen molar-refractivity contribution < 1.29 is 5.11 Å². The summed E-state index contributed by atoms with van der Waals surface area (Å²) in [5.41, 5.74) is 3.95. The van der Waals surface area contributed by atoms with E-state index in [1.54, 1.807) is 0 Å². The molecule has 0 bridgehead atoms. The fourth-order valence-electron chi connectivity index (χ4n) is 2.87. The monoisotopic (exact) mass is 281 g/mol. The van der Waals surface area contributed by atoms with E-state index in [4.69, 9.17) is 4.98 Å². The zero-order valence-electron chi connectivity index (χ0n) is 12.4. The number of nitrogens with zero attached hydrogens (tertiary/aromatic N) is 3. The first-order chi connectivity index (χ1) is 10.1. The van der Waals surface area contributed by atoms with Gasteiger partial charge in [-0.05, 0) is 43.9 Å². The Hall–Kier alpha value is -2.12. The molecule has 2 aromatic rings. The van der Waals surface area contributed by atoms with Crippen molar-refractivity contribution in [3.63, 3.8) is 0 Å². The molecule has 1 saturated heterocycles. The molecule has 0 aliphatic carbocycles. The van der Waals surface area contributed by atoms with Gasteiger partial charge >= 0.3 is 0 Å². The molecule has 0 radical (unpaired) electrons. The maximum Gasteiger partial charge on any atom is 0.147 e. The van der Waals surface area contributed by atoms with Crippen LogP contribution >= 0.6 is 0 Å². The standard InChI is InChI=1S/C17H19N3O/c1-11-3-4-13-9-14(10-18)17(19-16(13)12(11)2)20-7-5-15(21)6-8-20/h3-4,9,15,21H,5-8H2,1-2H3. The third kappa shape index (κ3) is 2.45. The van der Waals surface area contributed by atoms with Crippen LogP contribution in [-0.2, 0) is 0 Å². The molecule has 108 valence electrons. The minimum absolute atomic E-state index is 0.226. The van der Waals surface area contributed by atoms with E-state index in [0.717, 1.165) is 48.2 Å². The molecular weight excluding hydrogens is 262 g/mol. The number of benzene rings is 1. The first-order valence-corrected chi connectivity index (χ1v) is 7.34. The Kier molecular flexibility index (Phi) is 3.52. The summed E-state index contributed by atoms with van der Waals surface area (Å²) in [6, 6.07) is 8.28. The molecule has 2 heterocycles. The highest BCUT2D eigenvalue weighted by Gasteiger charge is 2.21. The van der Waals surface area contributed by atoms with Crippen molar-refractivity contribution in [3.8, 4) is 6.07 Å². The highest BCUT2D eigenvalue weighted by Crippen LogP contribution is 2.28. The summed E-state index contributed by atoms with van der Waals surface area (Å²) in [7, 11) is 0. The third-order valence-electron chi connectivity index (χ3n) is 4.38. The largest absolute Gasteiger partial charge is 0.393 e. The predicted molar refractivity (Wildman–Crippen MR) is 83.4 cm³/mol. The summed E-state index contributed by atoms with van der Waals surface area (Å²) in [6.45, 7) is 5.64. The number of pyridine rings is 1. The first-order valence-electron chi connectivity index (χ1n) is 7.34. The summed E-state index contributed by atoms with van der Waals surface area (Å²) in [6.07, 6.45) is 1.24. The number of fused-ring (bicyclic) bond motifs is 1. The van der Waals surface area contributed by atoms with Crippen molar-refractivity contribution in [2.24, 2.45) is 0 Å². The summed E-state index contributed by atoms with van der Waals surface area (Å²) in [5.74, 6) is 0.755. The molecule has 3 rings (SSSR count). The molecule has 1 aliphatic rings. The predicted octanol–water partition coefficient (Wildman–Crippen LogP) is 2.68. The molecule has 1 N–H and O–H groups in total. The van der Waals surface area contributed by atoms with Crippen molar-refractivity contribution in [1.82, 2.24) is 4.98 Å². The van der Waals surface area contributed by atoms with Gasteiger partial charge in [0.15, 0.2) is 0 Å². The smallest absolute Gasteiger partial charge is 0.147 e. The fraction of sp³-hybridized carbons (Fsp3) is 0.412. The molecule has 0 amide bonds. The van der Waals surface area contributed by atoms with E-state index in [2.05, 4.69) is 30.9 Å². The number of aryl methyl sites for hydroxylation is 2. The Balaban J connectivity index is 2.13. The second kappa shape index (κ2) is 5.34. The van der Waals surface area contributed by atoms with Gasteiger partial charge in [0, 0.05) is 18.5 Å². The Morgan fingerprint density at radius 2 is 2.00 bits per heavy atom. The lowest BCUT2D eigenvalue weighted by molar-refractivity contribution is 0.145. The van der Waals surface area contributed by atoms with Crippen molar-refractivity contribution in [1.29, 1.82) is 5.26 Å². The Labute approximate surface area is 124 Å². The average Bonchev–Trinajstić information content (AvgIpc) is 2.51. The fourth-order valence-corrected chi connectivity index (χ4v) is 2.87. The van der Waals surface area contributed by atoms with Gasteiger partial charge in [-0.25, -0.2) is 4.98 Å². The van der Waals surface area contributed by atoms with Gasteiger partial charge in [-0.2, -0.15) is 5.26 Å². The van der Waals surface area contributed by atoms with E-state index in [0.29, 0.717) is 5.56 Å². The van der Waals surface area contributed by atoms with Crippen LogP contribution in [0.3, 0.4) is 0 Å². The molecule has 0 unspecified atom stereocenters. The van der Waals surface area contributed by atoms with Crippen molar-refractivity contribution in [2.75, 3.05) is 18.0 Å². The second-order valence-corrected chi connectivity index (χ2v) is 5.77. The van der Waals surface area contributed by atoms with Gasteiger partial charge < -0.3 is 10.0 Å². The molecular formula is C17H19N3O. The molecule has 0 atom stereocenters. The number of rotatable bonds is 1. The molecule has 0 saturated carbocycles. The van der Waals surface area contributed by atoms with Crippen molar-refractivity contribution >= 4 is 16.7 Å². The second-order valence-electron chi connectivity index (χ2n) is 5.77. The van der Waals surface area contributed by atoms with Crippen LogP contribution in [-0.4, -0.2) is 29.3 Å². The number of hydrogen-bond donors (Lipinski definition) is 1. The van der Waals surface area contributed by atoms with Gasteiger partial charge in [-0.15, -0.1) is 0 Å². The van der Waals surface area contributed by atoms with E-state index >= 15 is 0 Å². The molecule has 1 aromatic carbocycles. The molecule has 0 spiro atoms. The number of aromatic nitrogens is 1. The normalized spacial score (nSPS) is 16.2. The van der Waals surface area contributed by atoms with Crippen LogP contribution in [0.1, 0.15) is 29.5 Å². The van der Waals surface area contributed by atoms with E-state index in [1.807, 2.05) is 12.1 Å². The SMILES string of the molecule is Cc1ccc2cc(C#N)c(N3CCC(O)CC3)nc2c1C. The highest BCUT2D eigenvalue weighted by molar-refractivity contribution is 5.86. The third-order valence-corrected chi connectivity index (χ3v) is 4.38. The van der Waals surface area contributed by atoms with Crippen LogP contribution in [0.2, 0.25) is 0 Å². The van der Waals surface area contributed by atoms with E-state index < -0.39 is 0 Å². The molecule has 4 heteroatoms. The Morgan fingerprint density at radius 1 is 1.29 bits per heavy atom. The lowest BCUT2D eigenvalue weighted by Gasteiger charge is -2.31. The highest BCUT2D eigenvalue weighted by atomic mass is 16.3. The molecule has 1 fully saturated rings. The Bertz CT molecular complexity index is 725. The quantitative estimate of drug-likeness (QED) is 0.873. The number of piperidine rings is 1. The summed E-state index contributed by atoms with van der Waals surface area (Å²) >= 11 is 0. The molecule has 1 aromatic heterocycles. The maximum absolute atomic E-state index is 9.64. The van der Waals surface area contributed by atoms with Crippen LogP contribution in [0.15, 0.2) is 18.2 Å². The van der Waals surface area contributed by atoms with Gasteiger partial charge in [0.25, 0.3) is 0 Å². The zero-order valence-corrected chi connectivity index (χ0v) is 12.4. The van der Waals surface area contributed by atoms with Crippen molar-refractivity contribution in [3.05, 3.63) is 34.9 Å². The average molecular weight is 281 g/mol. The molecule has 4 nitrogen and oxygen atoms in total. The number of aliphatic hydroxyl groups excluding tert-OH is 1. The number of nitriles is 1. The van der Waals surface area contributed by atoms with Crippen molar-refractivity contribution in [2.45, 2.75) is 32.8 Å². The van der Waals surface area contributed by atoms with E-state index in [1.165, 1.54) is 5.56 Å². The molecule has 1 aliphatic heterocycles. The summed E-state index contributed by atoms with van der Waals surface area (Å²) in [5, 5.41) is 20.1. The minimum atomic E-state index is -0.226. The molecule has 21 heavy (non-hydrogen) atoms. The van der Waals surface area contributed by atoms with Gasteiger partial charge in [0.1, 0.15) is 11.9 Å².